The molecule has 0 unspecified atom stereocenters. The molecule has 4 aromatic rings. The molecule has 0 N–H and O–H groups in total. The number of rotatable bonds is 4. The molecule has 0 saturated heterocycles. The molecule has 4 rings (SSSR count). The fourth-order valence-electron chi connectivity index (χ4n) is 2.72. The van der Waals surface area contributed by atoms with Crippen LogP contribution in [0.3, 0.4) is 0 Å². The molecule has 0 aliphatic heterocycles. The van der Waals surface area contributed by atoms with E-state index in [4.69, 9.17) is 9.15 Å². The quantitative estimate of drug-likeness (QED) is 0.401. The van der Waals surface area contributed by atoms with E-state index in [0.717, 1.165) is 21.9 Å². The number of ether oxygens (including phenoxy) is 1. The summed E-state index contributed by atoms with van der Waals surface area (Å²) in [7, 11) is 0. The minimum absolute atomic E-state index is 0.220. The number of aromatic nitrogens is 1. The van der Waals surface area contributed by atoms with Crippen molar-refractivity contribution >= 4 is 33.9 Å². The molecule has 25 heavy (non-hydrogen) atoms. The maximum Gasteiger partial charge on any atom is 0.331 e. The number of hydrogen-bond donors (Lipinski definition) is 0. The van der Waals surface area contributed by atoms with Gasteiger partial charge in [-0.1, -0.05) is 54.6 Å². The summed E-state index contributed by atoms with van der Waals surface area (Å²) in [6.45, 7) is 0.220. The van der Waals surface area contributed by atoms with Crippen LogP contribution in [0, 0.1) is 0 Å². The van der Waals surface area contributed by atoms with E-state index < -0.39 is 5.97 Å². The van der Waals surface area contributed by atoms with Crippen LogP contribution in [0.2, 0.25) is 0 Å². The molecule has 0 amide bonds. The van der Waals surface area contributed by atoms with Gasteiger partial charge in [-0.2, -0.15) is 0 Å². The van der Waals surface area contributed by atoms with Crippen LogP contribution >= 0.6 is 0 Å². The van der Waals surface area contributed by atoms with Crippen molar-refractivity contribution in [2.24, 2.45) is 0 Å². The number of carbonyl (C=O) groups excluding carboxylic acids is 1. The van der Waals surface area contributed by atoms with Gasteiger partial charge in [0.25, 0.3) is 0 Å². The van der Waals surface area contributed by atoms with Crippen molar-refractivity contribution in [1.29, 1.82) is 0 Å². The Morgan fingerprint density at radius 3 is 2.72 bits per heavy atom. The van der Waals surface area contributed by atoms with Crippen molar-refractivity contribution < 1.29 is 13.9 Å². The number of para-hydroxylation sites is 2. The average Bonchev–Trinajstić information content (AvgIpc) is 3.07. The first-order valence-corrected chi connectivity index (χ1v) is 7.97. The van der Waals surface area contributed by atoms with Gasteiger partial charge in [-0.15, -0.1) is 0 Å². The van der Waals surface area contributed by atoms with Crippen molar-refractivity contribution in [3.05, 3.63) is 84.3 Å². The maximum atomic E-state index is 12.0. The molecule has 1 heterocycles. The van der Waals surface area contributed by atoms with Gasteiger partial charge >= 0.3 is 5.97 Å². The first-order valence-electron chi connectivity index (χ1n) is 7.97. The van der Waals surface area contributed by atoms with Crippen LogP contribution in [0.25, 0.3) is 27.9 Å². The second kappa shape index (κ2) is 6.61. The Kier molecular flexibility index (Phi) is 4.01. The Morgan fingerprint density at radius 2 is 1.80 bits per heavy atom. The Morgan fingerprint density at radius 1 is 1.00 bits per heavy atom. The molecule has 0 saturated carbocycles. The van der Waals surface area contributed by atoms with Crippen molar-refractivity contribution in [1.82, 2.24) is 4.98 Å². The second-order valence-electron chi connectivity index (χ2n) is 5.60. The van der Waals surface area contributed by atoms with Gasteiger partial charge < -0.3 is 9.15 Å². The highest BCUT2D eigenvalue weighted by molar-refractivity contribution is 5.88. The first-order chi connectivity index (χ1) is 12.3. The molecule has 4 nitrogen and oxygen atoms in total. The Balaban J connectivity index is 1.45. The Labute approximate surface area is 144 Å². The molecular formula is C21H15NO3. The topological polar surface area (TPSA) is 52.3 Å². The predicted molar refractivity (Wildman–Crippen MR) is 96.8 cm³/mol. The summed E-state index contributed by atoms with van der Waals surface area (Å²) in [5.41, 5.74) is 2.42. The summed E-state index contributed by atoms with van der Waals surface area (Å²) in [4.78, 5) is 16.2. The third-order valence-electron chi connectivity index (χ3n) is 3.92. The minimum Gasteiger partial charge on any atom is -0.458 e. The van der Waals surface area contributed by atoms with Gasteiger partial charge in [0.2, 0.25) is 5.89 Å². The van der Waals surface area contributed by atoms with Gasteiger partial charge in [0.05, 0.1) is 0 Å². The lowest BCUT2D eigenvalue weighted by Crippen LogP contribution is -2.01. The number of esters is 1. The second-order valence-corrected chi connectivity index (χ2v) is 5.60. The van der Waals surface area contributed by atoms with E-state index in [-0.39, 0.29) is 6.61 Å². The van der Waals surface area contributed by atoms with Crippen LogP contribution in [-0.2, 0) is 16.1 Å². The predicted octanol–water partition coefficient (Wildman–Crippen LogP) is 4.74. The third kappa shape index (κ3) is 3.28. The summed E-state index contributed by atoms with van der Waals surface area (Å²) < 4.78 is 10.9. The Hall–Kier alpha value is -3.40. The molecule has 0 atom stereocenters. The highest BCUT2D eigenvalue weighted by Gasteiger charge is 2.05. The van der Waals surface area contributed by atoms with Gasteiger partial charge in [0.1, 0.15) is 12.1 Å². The zero-order chi connectivity index (χ0) is 17.1. The zero-order valence-electron chi connectivity index (χ0n) is 13.4. The number of benzene rings is 3. The van der Waals surface area contributed by atoms with Crippen molar-refractivity contribution in [3.8, 4) is 0 Å². The van der Waals surface area contributed by atoms with Crippen LogP contribution in [0.4, 0.5) is 0 Å². The monoisotopic (exact) mass is 329 g/mol. The van der Waals surface area contributed by atoms with Gasteiger partial charge in [-0.05, 0) is 28.5 Å². The fourth-order valence-corrected chi connectivity index (χ4v) is 2.72. The van der Waals surface area contributed by atoms with E-state index in [1.54, 1.807) is 0 Å². The number of hydrogen-bond acceptors (Lipinski definition) is 4. The largest absolute Gasteiger partial charge is 0.458 e. The van der Waals surface area contributed by atoms with Crippen LogP contribution in [0.1, 0.15) is 11.5 Å². The SMILES string of the molecule is O=C(C=Cc1nc2ccccc2o1)OCc1cccc2ccccc12. The van der Waals surface area contributed by atoms with Gasteiger partial charge in [0, 0.05) is 12.2 Å². The van der Waals surface area contributed by atoms with Gasteiger partial charge in [0.15, 0.2) is 5.58 Å². The summed E-state index contributed by atoms with van der Waals surface area (Å²) >= 11 is 0. The molecule has 1 aromatic heterocycles. The molecule has 0 fully saturated rings. The first kappa shape index (κ1) is 15.1. The molecule has 3 aromatic carbocycles. The highest BCUT2D eigenvalue weighted by atomic mass is 16.5. The van der Waals surface area contributed by atoms with Crippen molar-refractivity contribution in [2.45, 2.75) is 6.61 Å². The van der Waals surface area contributed by atoms with Gasteiger partial charge in [-0.25, -0.2) is 9.78 Å². The fraction of sp³-hybridized carbons (Fsp3) is 0.0476. The molecule has 122 valence electrons. The lowest BCUT2D eigenvalue weighted by molar-refractivity contribution is -0.138. The van der Waals surface area contributed by atoms with E-state index in [2.05, 4.69) is 4.98 Å². The van der Waals surface area contributed by atoms with E-state index >= 15 is 0 Å². The van der Waals surface area contributed by atoms with Crippen LogP contribution < -0.4 is 0 Å². The zero-order valence-corrected chi connectivity index (χ0v) is 13.4. The number of nitrogens with zero attached hydrogens (tertiary/aromatic N) is 1. The van der Waals surface area contributed by atoms with E-state index in [0.29, 0.717) is 11.5 Å². The minimum atomic E-state index is -0.435. The van der Waals surface area contributed by atoms with Crippen LogP contribution in [-0.4, -0.2) is 11.0 Å². The lowest BCUT2D eigenvalue weighted by Gasteiger charge is -2.06. The number of oxazole rings is 1. The van der Waals surface area contributed by atoms with Crippen molar-refractivity contribution in [3.63, 3.8) is 0 Å². The summed E-state index contributed by atoms with van der Waals surface area (Å²) in [5, 5.41) is 2.21. The molecule has 4 heteroatoms. The molecule has 0 aliphatic carbocycles. The molecular weight excluding hydrogens is 314 g/mol. The standard InChI is InChI=1S/C21H15NO3/c23-21(13-12-20-22-18-10-3-4-11-19(18)25-20)24-14-16-8-5-7-15-6-1-2-9-17(15)16/h1-13H,14H2. The van der Waals surface area contributed by atoms with Gasteiger partial charge in [-0.3, -0.25) is 0 Å². The van der Waals surface area contributed by atoms with Crippen LogP contribution in [0.15, 0.2) is 77.2 Å². The van der Waals surface area contributed by atoms with Crippen molar-refractivity contribution in [2.75, 3.05) is 0 Å². The van der Waals surface area contributed by atoms with Crippen LogP contribution in [0.5, 0.6) is 0 Å². The number of fused-ring (bicyclic) bond motifs is 2. The molecule has 0 radical (unpaired) electrons. The summed E-state index contributed by atoms with van der Waals surface area (Å²) in [6.07, 6.45) is 2.85. The number of carbonyl (C=O) groups is 1. The summed E-state index contributed by atoms with van der Waals surface area (Å²) in [6, 6.07) is 21.4. The average molecular weight is 329 g/mol. The smallest absolute Gasteiger partial charge is 0.331 e. The maximum absolute atomic E-state index is 12.0. The molecule has 0 spiro atoms. The van der Waals surface area contributed by atoms with E-state index in [1.807, 2.05) is 66.7 Å². The van der Waals surface area contributed by atoms with E-state index in [9.17, 15) is 4.79 Å². The van der Waals surface area contributed by atoms with E-state index in [1.165, 1.54) is 12.2 Å². The normalized spacial score (nSPS) is 11.4. The molecule has 0 bridgehead atoms. The lowest BCUT2D eigenvalue weighted by atomic mass is 10.1. The highest BCUT2D eigenvalue weighted by Crippen LogP contribution is 2.19. The third-order valence-corrected chi connectivity index (χ3v) is 3.92. The Bertz CT molecular complexity index is 1040. The summed E-state index contributed by atoms with van der Waals surface area (Å²) in [5.74, 6) is -0.0569. The molecule has 0 aliphatic rings.